The van der Waals surface area contributed by atoms with Crippen LogP contribution in [0.25, 0.3) is 0 Å². The highest BCUT2D eigenvalue weighted by Gasteiger charge is 2.52. The second kappa shape index (κ2) is 7.12. The molecule has 0 aliphatic rings. The van der Waals surface area contributed by atoms with Gasteiger partial charge in [-0.2, -0.15) is 0 Å². The van der Waals surface area contributed by atoms with Crippen molar-refractivity contribution in [2.24, 2.45) is 0 Å². The van der Waals surface area contributed by atoms with E-state index in [0.29, 0.717) is 0 Å². The second-order valence-corrected chi connectivity index (χ2v) is 12.3. The van der Waals surface area contributed by atoms with E-state index in [4.69, 9.17) is 4.43 Å². The molecule has 134 valence electrons. The quantitative estimate of drug-likeness (QED) is 0.578. The summed E-state index contributed by atoms with van der Waals surface area (Å²) in [5, 5.41) is 2.59. The monoisotopic (exact) mass is 360 g/mol. The standard InChI is InChI=1S/C24H28OSi/c1-19-16-20(2)18-21(17-19)25-26(24(3,4)5,22-12-8-6-9-13-22)23-14-10-7-11-15-23/h6-18H,1-5H3. The molecule has 0 aromatic heterocycles. The fourth-order valence-corrected chi connectivity index (χ4v) is 8.22. The maximum absolute atomic E-state index is 7.04. The van der Waals surface area contributed by atoms with Gasteiger partial charge in [0.05, 0.1) is 0 Å². The molecule has 1 nitrogen and oxygen atoms in total. The Morgan fingerprint density at radius 3 is 1.46 bits per heavy atom. The van der Waals surface area contributed by atoms with Crippen molar-refractivity contribution in [2.75, 3.05) is 0 Å². The van der Waals surface area contributed by atoms with Crippen LogP contribution < -0.4 is 14.8 Å². The zero-order valence-electron chi connectivity index (χ0n) is 16.4. The number of hydrogen-bond donors (Lipinski definition) is 0. The van der Waals surface area contributed by atoms with E-state index in [-0.39, 0.29) is 5.04 Å². The summed E-state index contributed by atoms with van der Waals surface area (Å²) in [5.74, 6) is 0.969. The van der Waals surface area contributed by atoms with Crippen LogP contribution in [-0.2, 0) is 0 Å². The van der Waals surface area contributed by atoms with Gasteiger partial charge in [0.2, 0.25) is 0 Å². The summed E-state index contributed by atoms with van der Waals surface area (Å²) in [4.78, 5) is 0. The van der Waals surface area contributed by atoms with Crippen LogP contribution >= 0.6 is 0 Å². The lowest BCUT2D eigenvalue weighted by atomic mass is 10.1. The third kappa shape index (κ3) is 3.47. The Balaban J connectivity index is 2.27. The molecule has 0 saturated carbocycles. The maximum Gasteiger partial charge on any atom is 0.319 e. The van der Waals surface area contributed by atoms with Crippen molar-refractivity contribution in [3.8, 4) is 5.75 Å². The molecule has 3 aromatic carbocycles. The van der Waals surface area contributed by atoms with Gasteiger partial charge >= 0.3 is 8.32 Å². The average molecular weight is 361 g/mol. The molecule has 0 aliphatic carbocycles. The van der Waals surface area contributed by atoms with Crippen LogP contribution in [0.2, 0.25) is 5.04 Å². The molecular weight excluding hydrogens is 332 g/mol. The minimum Gasteiger partial charge on any atom is -0.534 e. The van der Waals surface area contributed by atoms with Gasteiger partial charge in [-0.1, -0.05) is 87.5 Å². The van der Waals surface area contributed by atoms with Crippen LogP contribution in [0, 0.1) is 13.8 Å². The van der Waals surface area contributed by atoms with Gasteiger partial charge in [0.25, 0.3) is 0 Å². The molecule has 0 bridgehead atoms. The topological polar surface area (TPSA) is 9.23 Å². The summed E-state index contributed by atoms with van der Waals surface area (Å²) >= 11 is 0. The zero-order chi connectivity index (χ0) is 18.8. The molecule has 0 amide bonds. The minimum absolute atomic E-state index is 0.0205. The van der Waals surface area contributed by atoms with Crippen molar-refractivity contribution in [3.63, 3.8) is 0 Å². The Morgan fingerprint density at radius 2 is 1.08 bits per heavy atom. The molecule has 0 unspecified atom stereocenters. The molecule has 3 rings (SSSR count). The Hall–Kier alpha value is -2.32. The molecule has 0 heterocycles. The highest BCUT2D eigenvalue weighted by atomic mass is 28.4. The summed E-state index contributed by atoms with van der Waals surface area (Å²) in [6.07, 6.45) is 0. The third-order valence-corrected chi connectivity index (χ3v) is 9.83. The van der Waals surface area contributed by atoms with Gasteiger partial charge < -0.3 is 4.43 Å². The van der Waals surface area contributed by atoms with Crippen molar-refractivity contribution < 1.29 is 4.43 Å². The lowest BCUT2D eigenvalue weighted by Crippen LogP contribution is -2.68. The van der Waals surface area contributed by atoms with Gasteiger partial charge in [0, 0.05) is 0 Å². The fourth-order valence-electron chi connectivity index (χ4n) is 3.82. The van der Waals surface area contributed by atoms with Crippen LogP contribution in [0.4, 0.5) is 0 Å². The molecule has 0 fully saturated rings. The van der Waals surface area contributed by atoms with Crippen LogP contribution in [0.1, 0.15) is 31.9 Å². The van der Waals surface area contributed by atoms with E-state index in [9.17, 15) is 0 Å². The SMILES string of the molecule is Cc1cc(C)cc(O[Si](c2ccccc2)(c2ccccc2)C(C)(C)C)c1. The lowest BCUT2D eigenvalue weighted by molar-refractivity contribution is 0.507. The average Bonchev–Trinajstić information content (AvgIpc) is 2.59. The summed E-state index contributed by atoms with van der Waals surface area (Å²) in [6, 6.07) is 28.1. The van der Waals surface area contributed by atoms with Crippen LogP contribution in [-0.4, -0.2) is 8.32 Å². The molecule has 26 heavy (non-hydrogen) atoms. The van der Waals surface area contributed by atoms with Gasteiger partial charge in [-0.3, -0.25) is 0 Å². The van der Waals surface area contributed by atoms with E-state index >= 15 is 0 Å². The molecule has 0 radical (unpaired) electrons. The van der Waals surface area contributed by atoms with Crippen molar-refractivity contribution in [2.45, 2.75) is 39.7 Å². The first kappa shape index (κ1) is 18.5. The molecule has 2 heteroatoms. The first-order valence-corrected chi connectivity index (χ1v) is 11.1. The summed E-state index contributed by atoms with van der Waals surface area (Å²) < 4.78 is 7.04. The predicted molar refractivity (Wildman–Crippen MR) is 114 cm³/mol. The Bertz CT molecular complexity index is 804. The second-order valence-electron chi connectivity index (χ2n) is 8.09. The van der Waals surface area contributed by atoms with Gasteiger partial charge in [-0.05, 0) is 52.5 Å². The van der Waals surface area contributed by atoms with Crippen molar-refractivity contribution in [1.29, 1.82) is 0 Å². The van der Waals surface area contributed by atoms with E-state index in [2.05, 4.69) is 113 Å². The van der Waals surface area contributed by atoms with Gasteiger partial charge in [0.15, 0.2) is 0 Å². The number of benzene rings is 3. The smallest absolute Gasteiger partial charge is 0.319 e. The van der Waals surface area contributed by atoms with Crippen molar-refractivity contribution >= 4 is 18.7 Å². The first-order valence-electron chi connectivity index (χ1n) is 9.21. The van der Waals surface area contributed by atoms with E-state index in [1.165, 1.54) is 21.5 Å². The Labute approximate surface area is 158 Å². The third-order valence-electron chi connectivity index (χ3n) is 4.88. The summed E-state index contributed by atoms with van der Waals surface area (Å²) in [7, 11) is -2.54. The molecule has 0 aliphatic heterocycles. The lowest BCUT2D eigenvalue weighted by Gasteiger charge is -2.43. The fraction of sp³-hybridized carbons (Fsp3) is 0.250. The van der Waals surface area contributed by atoms with Crippen molar-refractivity contribution in [3.05, 3.63) is 90.0 Å². The molecule has 0 N–H and O–H groups in total. The summed E-state index contributed by atoms with van der Waals surface area (Å²) in [6.45, 7) is 11.2. The molecule has 0 saturated heterocycles. The van der Waals surface area contributed by atoms with E-state index in [1.54, 1.807) is 0 Å². The molecule has 0 atom stereocenters. The number of aryl methyl sites for hydroxylation is 2. The van der Waals surface area contributed by atoms with E-state index in [1.807, 2.05) is 0 Å². The van der Waals surface area contributed by atoms with Gasteiger partial charge in [-0.25, -0.2) is 0 Å². The minimum atomic E-state index is -2.54. The molecule has 0 spiro atoms. The molecular formula is C24H28OSi. The highest BCUT2D eigenvalue weighted by Crippen LogP contribution is 2.37. The number of rotatable bonds is 4. The largest absolute Gasteiger partial charge is 0.534 e. The van der Waals surface area contributed by atoms with E-state index in [0.717, 1.165) is 5.75 Å². The first-order chi connectivity index (χ1) is 12.3. The van der Waals surface area contributed by atoms with Crippen LogP contribution in [0.3, 0.4) is 0 Å². The zero-order valence-corrected chi connectivity index (χ0v) is 17.4. The van der Waals surface area contributed by atoms with E-state index < -0.39 is 8.32 Å². The normalized spacial score (nSPS) is 12.0. The van der Waals surface area contributed by atoms with Crippen LogP contribution in [0.15, 0.2) is 78.9 Å². The predicted octanol–water partition coefficient (Wildman–Crippen LogP) is 5.24. The molecule has 3 aromatic rings. The summed E-state index contributed by atoms with van der Waals surface area (Å²) in [5.41, 5.74) is 2.47. The van der Waals surface area contributed by atoms with Crippen molar-refractivity contribution in [1.82, 2.24) is 0 Å². The Kier molecular flexibility index (Phi) is 5.06. The Morgan fingerprint density at radius 1 is 0.654 bits per heavy atom. The number of hydrogen-bond acceptors (Lipinski definition) is 1. The highest BCUT2D eigenvalue weighted by molar-refractivity contribution is 7.00. The van der Waals surface area contributed by atoms with Gasteiger partial charge in [0.1, 0.15) is 5.75 Å². The maximum atomic E-state index is 7.04. The van der Waals surface area contributed by atoms with Crippen LogP contribution in [0.5, 0.6) is 5.75 Å². The van der Waals surface area contributed by atoms with Gasteiger partial charge in [-0.15, -0.1) is 0 Å².